The molecule has 128 valence electrons. The van der Waals surface area contributed by atoms with Crippen LogP contribution in [-0.2, 0) is 4.74 Å². The van der Waals surface area contributed by atoms with Gasteiger partial charge >= 0.3 is 5.97 Å². The van der Waals surface area contributed by atoms with E-state index in [1.54, 1.807) is 6.07 Å². The average Bonchev–Trinajstić information content (AvgIpc) is 2.61. The van der Waals surface area contributed by atoms with E-state index >= 15 is 0 Å². The lowest BCUT2D eigenvalue weighted by molar-refractivity contribution is -0.384. The zero-order valence-electron chi connectivity index (χ0n) is 13.0. The lowest BCUT2D eigenvalue weighted by atomic mass is 10.1. The number of esters is 1. The Labute approximate surface area is 147 Å². The topological polar surface area (TPSA) is 111 Å². The van der Waals surface area contributed by atoms with E-state index in [-0.39, 0.29) is 16.4 Å². The van der Waals surface area contributed by atoms with Crippen molar-refractivity contribution in [1.29, 1.82) is 0 Å². The molecule has 0 aliphatic rings. The SMILES string of the molecule is COC(=O)c1ccc(C(=O)NC(=S)Nc2cccc([N+](=O)[O-])c2)cc1. The van der Waals surface area contributed by atoms with E-state index in [2.05, 4.69) is 15.4 Å². The van der Waals surface area contributed by atoms with Gasteiger partial charge in [-0.25, -0.2) is 4.79 Å². The number of benzene rings is 2. The molecule has 1 amide bonds. The second-order valence-electron chi connectivity index (χ2n) is 4.78. The summed E-state index contributed by atoms with van der Waals surface area (Å²) in [6.07, 6.45) is 0. The maximum atomic E-state index is 12.1. The molecular formula is C16H13N3O5S. The largest absolute Gasteiger partial charge is 0.465 e. The van der Waals surface area contributed by atoms with Crippen LogP contribution in [0.1, 0.15) is 20.7 Å². The van der Waals surface area contributed by atoms with Crippen molar-refractivity contribution in [2.45, 2.75) is 0 Å². The molecule has 0 saturated carbocycles. The molecule has 0 bridgehead atoms. The highest BCUT2D eigenvalue weighted by Gasteiger charge is 2.11. The van der Waals surface area contributed by atoms with Crippen LogP contribution in [0, 0.1) is 10.1 Å². The number of thiocarbonyl (C=S) groups is 1. The minimum absolute atomic E-state index is 0.0115. The van der Waals surface area contributed by atoms with Crippen molar-refractivity contribution in [1.82, 2.24) is 5.32 Å². The molecule has 0 unspecified atom stereocenters. The van der Waals surface area contributed by atoms with Gasteiger partial charge in [-0.05, 0) is 42.5 Å². The van der Waals surface area contributed by atoms with Gasteiger partial charge in [0.05, 0.1) is 17.6 Å². The summed E-state index contributed by atoms with van der Waals surface area (Å²) < 4.78 is 4.58. The Morgan fingerprint density at radius 3 is 2.36 bits per heavy atom. The fraction of sp³-hybridized carbons (Fsp3) is 0.0625. The van der Waals surface area contributed by atoms with Gasteiger partial charge in [0.2, 0.25) is 0 Å². The molecule has 2 N–H and O–H groups in total. The summed E-state index contributed by atoms with van der Waals surface area (Å²) in [6.45, 7) is 0. The number of nitro groups is 1. The lowest BCUT2D eigenvalue weighted by Gasteiger charge is -2.09. The van der Waals surface area contributed by atoms with E-state index in [0.717, 1.165) is 0 Å². The average molecular weight is 359 g/mol. The molecule has 0 atom stereocenters. The number of carbonyl (C=O) groups excluding carboxylic acids is 2. The molecule has 9 heteroatoms. The van der Waals surface area contributed by atoms with Crippen LogP contribution in [0.15, 0.2) is 48.5 Å². The first-order chi connectivity index (χ1) is 11.9. The van der Waals surface area contributed by atoms with Crippen LogP contribution in [0.4, 0.5) is 11.4 Å². The number of nitrogens with one attached hydrogen (secondary N) is 2. The summed E-state index contributed by atoms with van der Waals surface area (Å²) in [5.74, 6) is -0.992. The predicted molar refractivity (Wildman–Crippen MR) is 94.6 cm³/mol. The first-order valence-corrected chi connectivity index (χ1v) is 7.36. The van der Waals surface area contributed by atoms with Gasteiger partial charge < -0.3 is 10.1 Å². The number of non-ortho nitro benzene ring substituents is 1. The highest BCUT2D eigenvalue weighted by molar-refractivity contribution is 7.80. The Bertz CT molecular complexity index is 836. The third-order valence-corrected chi connectivity index (χ3v) is 3.31. The molecule has 0 aromatic heterocycles. The van der Waals surface area contributed by atoms with Gasteiger partial charge in [-0.15, -0.1) is 0 Å². The summed E-state index contributed by atoms with van der Waals surface area (Å²) in [5.41, 5.74) is 0.880. The predicted octanol–water partition coefficient (Wildman–Crippen LogP) is 2.51. The zero-order chi connectivity index (χ0) is 18.4. The fourth-order valence-corrected chi connectivity index (χ4v) is 2.12. The van der Waals surface area contributed by atoms with Crippen LogP contribution in [-0.4, -0.2) is 29.0 Å². The third-order valence-electron chi connectivity index (χ3n) is 3.11. The molecule has 2 aromatic rings. The van der Waals surface area contributed by atoms with E-state index in [4.69, 9.17) is 12.2 Å². The maximum absolute atomic E-state index is 12.1. The standard InChI is InChI=1S/C16H13N3O5S/c1-24-15(21)11-7-5-10(6-8-11)14(20)18-16(25)17-12-3-2-4-13(9-12)19(22)23/h2-9H,1H3,(H2,17,18,20,25). The van der Waals surface area contributed by atoms with Crippen LogP contribution in [0.5, 0.6) is 0 Å². The molecular weight excluding hydrogens is 346 g/mol. The van der Waals surface area contributed by atoms with Gasteiger partial charge in [-0.2, -0.15) is 0 Å². The van der Waals surface area contributed by atoms with E-state index in [9.17, 15) is 19.7 Å². The third kappa shape index (κ3) is 4.82. The normalized spacial score (nSPS) is 9.80. The van der Waals surface area contributed by atoms with Crippen molar-refractivity contribution >= 4 is 40.6 Å². The molecule has 0 fully saturated rings. The van der Waals surface area contributed by atoms with Crippen molar-refractivity contribution in [3.63, 3.8) is 0 Å². The van der Waals surface area contributed by atoms with Crippen LogP contribution in [0.2, 0.25) is 0 Å². The van der Waals surface area contributed by atoms with Crippen molar-refractivity contribution < 1.29 is 19.2 Å². The monoisotopic (exact) mass is 359 g/mol. The van der Waals surface area contributed by atoms with E-state index in [0.29, 0.717) is 11.3 Å². The number of amides is 1. The zero-order valence-corrected chi connectivity index (χ0v) is 13.8. The fourth-order valence-electron chi connectivity index (χ4n) is 1.91. The quantitative estimate of drug-likeness (QED) is 0.373. The highest BCUT2D eigenvalue weighted by Crippen LogP contribution is 2.16. The Balaban J connectivity index is 2.00. The summed E-state index contributed by atoms with van der Waals surface area (Å²) in [5, 5.41) is 15.9. The molecule has 0 heterocycles. The minimum atomic E-state index is -0.532. The smallest absolute Gasteiger partial charge is 0.337 e. The van der Waals surface area contributed by atoms with Gasteiger partial charge in [-0.3, -0.25) is 20.2 Å². The highest BCUT2D eigenvalue weighted by atomic mass is 32.1. The molecule has 0 radical (unpaired) electrons. The van der Waals surface area contributed by atoms with Gasteiger partial charge in [0, 0.05) is 23.4 Å². The molecule has 8 nitrogen and oxygen atoms in total. The van der Waals surface area contributed by atoms with Crippen molar-refractivity contribution in [2.24, 2.45) is 0 Å². The first-order valence-electron chi connectivity index (χ1n) is 6.96. The number of nitro benzene ring substituents is 1. The van der Waals surface area contributed by atoms with Gasteiger partial charge in [0.25, 0.3) is 11.6 Å². The van der Waals surface area contributed by atoms with E-state index in [1.165, 1.54) is 49.6 Å². The number of anilines is 1. The molecule has 2 aromatic carbocycles. The summed E-state index contributed by atoms with van der Waals surface area (Å²) in [6, 6.07) is 11.5. The molecule has 25 heavy (non-hydrogen) atoms. The second-order valence-corrected chi connectivity index (χ2v) is 5.19. The number of nitrogens with zero attached hydrogens (tertiary/aromatic N) is 1. The maximum Gasteiger partial charge on any atom is 0.337 e. The summed E-state index contributed by atoms with van der Waals surface area (Å²) in [4.78, 5) is 33.7. The van der Waals surface area contributed by atoms with Crippen molar-refractivity contribution in [2.75, 3.05) is 12.4 Å². The number of hydrogen-bond donors (Lipinski definition) is 2. The lowest BCUT2D eigenvalue weighted by Crippen LogP contribution is -2.34. The van der Waals surface area contributed by atoms with E-state index in [1.807, 2.05) is 0 Å². The van der Waals surface area contributed by atoms with Gasteiger partial charge in [0.15, 0.2) is 5.11 Å². The van der Waals surface area contributed by atoms with Gasteiger partial charge in [-0.1, -0.05) is 6.07 Å². The molecule has 0 aliphatic carbocycles. The Kier molecular flexibility index (Phi) is 5.75. The molecule has 0 aliphatic heterocycles. The van der Waals surface area contributed by atoms with Crippen LogP contribution >= 0.6 is 12.2 Å². The van der Waals surface area contributed by atoms with Gasteiger partial charge in [0.1, 0.15) is 0 Å². The van der Waals surface area contributed by atoms with Crippen molar-refractivity contribution in [3.8, 4) is 0 Å². The Morgan fingerprint density at radius 1 is 1.12 bits per heavy atom. The van der Waals surface area contributed by atoms with Crippen LogP contribution < -0.4 is 10.6 Å². The number of carbonyl (C=O) groups is 2. The van der Waals surface area contributed by atoms with Crippen LogP contribution in [0.3, 0.4) is 0 Å². The number of rotatable bonds is 4. The Morgan fingerprint density at radius 2 is 1.76 bits per heavy atom. The molecule has 0 spiro atoms. The summed E-state index contributed by atoms with van der Waals surface area (Å²) in [7, 11) is 1.26. The minimum Gasteiger partial charge on any atom is -0.465 e. The summed E-state index contributed by atoms with van der Waals surface area (Å²) >= 11 is 5.02. The Hall–Kier alpha value is -3.33. The van der Waals surface area contributed by atoms with Crippen LogP contribution in [0.25, 0.3) is 0 Å². The van der Waals surface area contributed by atoms with Crippen molar-refractivity contribution in [3.05, 3.63) is 69.8 Å². The number of methoxy groups -OCH3 is 1. The second kappa shape index (κ2) is 7.97. The number of ether oxygens (including phenoxy) is 1. The number of hydrogen-bond acceptors (Lipinski definition) is 6. The molecule has 2 rings (SSSR count). The first kappa shape index (κ1) is 18.0. The van der Waals surface area contributed by atoms with E-state index < -0.39 is 16.8 Å². The molecule has 0 saturated heterocycles.